The number of likely N-dealkylation sites (tertiary alicyclic amines) is 1. The van der Waals surface area contributed by atoms with Gasteiger partial charge in [0, 0.05) is 31.5 Å². The lowest BCUT2D eigenvalue weighted by atomic mass is 10.0. The minimum atomic E-state index is -0.0107. The maximum Gasteiger partial charge on any atom is 0.261 e. The molecule has 132 valence electrons. The Hall–Kier alpha value is -3.02. The molecule has 1 amide bonds. The fourth-order valence-corrected chi connectivity index (χ4v) is 3.55. The van der Waals surface area contributed by atoms with Crippen molar-refractivity contribution < 1.29 is 4.79 Å². The van der Waals surface area contributed by atoms with Gasteiger partial charge in [-0.05, 0) is 43.5 Å². The zero-order chi connectivity index (χ0) is 18.1. The van der Waals surface area contributed by atoms with Crippen LogP contribution in [0.5, 0.6) is 0 Å². The zero-order valence-electron chi connectivity index (χ0n) is 14.6. The van der Waals surface area contributed by atoms with Gasteiger partial charge in [-0.15, -0.1) is 0 Å². The number of amides is 1. The Morgan fingerprint density at radius 1 is 1.15 bits per heavy atom. The van der Waals surface area contributed by atoms with Gasteiger partial charge in [0.15, 0.2) is 0 Å². The van der Waals surface area contributed by atoms with Crippen molar-refractivity contribution in [2.45, 2.75) is 25.8 Å². The first-order valence-electron chi connectivity index (χ1n) is 8.81. The number of aryl methyl sites for hydroxylation is 1. The molecule has 0 saturated carbocycles. The number of piperidine rings is 1. The Kier molecular flexibility index (Phi) is 4.24. The summed E-state index contributed by atoms with van der Waals surface area (Å²) in [6, 6.07) is 9.31. The third-order valence-electron chi connectivity index (χ3n) is 5.10. The van der Waals surface area contributed by atoms with E-state index >= 15 is 0 Å². The minimum absolute atomic E-state index is 0.0107. The van der Waals surface area contributed by atoms with Crippen molar-refractivity contribution in [3.05, 3.63) is 70.5 Å². The first-order valence-corrected chi connectivity index (χ1v) is 8.81. The zero-order valence-corrected chi connectivity index (χ0v) is 14.6. The van der Waals surface area contributed by atoms with Gasteiger partial charge in [0.1, 0.15) is 0 Å². The van der Waals surface area contributed by atoms with E-state index in [1.807, 2.05) is 42.2 Å². The van der Waals surface area contributed by atoms with Crippen molar-refractivity contribution >= 4 is 16.8 Å². The predicted molar refractivity (Wildman–Crippen MR) is 99.2 cm³/mol. The Bertz CT molecular complexity index is 1020. The van der Waals surface area contributed by atoms with Crippen LogP contribution in [0.1, 0.15) is 34.8 Å². The number of aromatic nitrogens is 3. The lowest BCUT2D eigenvalue weighted by Crippen LogP contribution is -2.41. The van der Waals surface area contributed by atoms with Crippen molar-refractivity contribution in [2.24, 2.45) is 0 Å². The predicted octanol–water partition coefficient (Wildman–Crippen LogP) is 2.58. The van der Waals surface area contributed by atoms with E-state index in [0.29, 0.717) is 29.6 Å². The Labute approximate surface area is 151 Å². The van der Waals surface area contributed by atoms with Crippen LogP contribution in [-0.2, 0) is 0 Å². The van der Waals surface area contributed by atoms with Gasteiger partial charge in [-0.3, -0.25) is 19.1 Å². The summed E-state index contributed by atoms with van der Waals surface area (Å²) in [4.78, 5) is 35.8. The smallest absolute Gasteiger partial charge is 0.261 e. The summed E-state index contributed by atoms with van der Waals surface area (Å²) in [6.07, 6.45) is 6.44. The largest absolute Gasteiger partial charge is 0.338 e. The maximum absolute atomic E-state index is 12.7. The number of carbonyl (C=O) groups is 1. The molecule has 0 bridgehead atoms. The Balaban J connectivity index is 1.52. The van der Waals surface area contributed by atoms with Crippen LogP contribution in [0.15, 0.2) is 53.8 Å². The van der Waals surface area contributed by atoms with E-state index in [0.717, 1.165) is 18.4 Å². The molecule has 0 spiro atoms. The number of nitrogens with zero attached hydrogens (tertiary/aromatic N) is 4. The molecule has 6 nitrogen and oxygen atoms in total. The first kappa shape index (κ1) is 16.4. The number of carbonyl (C=O) groups excluding carboxylic acids is 1. The van der Waals surface area contributed by atoms with Gasteiger partial charge in [-0.25, -0.2) is 4.98 Å². The summed E-state index contributed by atoms with van der Waals surface area (Å²) in [6.45, 7) is 3.16. The molecule has 1 aliphatic heterocycles. The van der Waals surface area contributed by atoms with Crippen LogP contribution >= 0.6 is 0 Å². The quantitative estimate of drug-likeness (QED) is 0.714. The van der Waals surface area contributed by atoms with Gasteiger partial charge < -0.3 is 4.90 Å². The van der Waals surface area contributed by atoms with E-state index in [9.17, 15) is 9.59 Å². The van der Waals surface area contributed by atoms with Gasteiger partial charge in [-0.2, -0.15) is 0 Å². The summed E-state index contributed by atoms with van der Waals surface area (Å²) in [5.74, 6) is 0.0121. The molecule has 1 aliphatic rings. The van der Waals surface area contributed by atoms with Gasteiger partial charge in [0.05, 0.1) is 22.8 Å². The van der Waals surface area contributed by atoms with Crippen LogP contribution < -0.4 is 5.56 Å². The molecule has 0 unspecified atom stereocenters. The molecule has 2 aromatic heterocycles. The number of hydrogen-bond acceptors (Lipinski definition) is 4. The van der Waals surface area contributed by atoms with E-state index in [-0.39, 0.29) is 17.5 Å². The fourth-order valence-electron chi connectivity index (χ4n) is 3.55. The third kappa shape index (κ3) is 2.87. The van der Waals surface area contributed by atoms with Crippen molar-refractivity contribution in [3.63, 3.8) is 0 Å². The van der Waals surface area contributed by atoms with Gasteiger partial charge in [-0.1, -0.05) is 12.1 Å². The molecule has 3 aromatic rings. The Morgan fingerprint density at radius 2 is 1.92 bits per heavy atom. The minimum Gasteiger partial charge on any atom is -0.338 e. The second-order valence-corrected chi connectivity index (χ2v) is 6.69. The molecule has 0 radical (unpaired) electrons. The van der Waals surface area contributed by atoms with Crippen molar-refractivity contribution in [1.29, 1.82) is 0 Å². The highest BCUT2D eigenvalue weighted by Crippen LogP contribution is 2.23. The number of fused-ring (bicyclic) bond motifs is 1. The van der Waals surface area contributed by atoms with Crippen LogP contribution in [0.25, 0.3) is 10.9 Å². The van der Waals surface area contributed by atoms with Gasteiger partial charge >= 0.3 is 0 Å². The fraction of sp³-hybridized carbons (Fsp3) is 0.300. The Morgan fingerprint density at radius 3 is 2.69 bits per heavy atom. The molecule has 1 saturated heterocycles. The van der Waals surface area contributed by atoms with Crippen molar-refractivity contribution in [1.82, 2.24) is 19.4 Å². The molecule has 1 aromatic carbocycles. The lowest BCUT2D eigenvalue weighted by Gasteiger charge is -2.33. The van der Waals surface area contributed by atoms with Gasteiger partial charge in [0.2, 0.25) is 0 Å². The molecule has 0 atom stereocenters. The summed E-state index contributed by atoms with van der Waals surface area (Å²) in [5.41, 5.74) is 2.29. The second kappa shape index (κ2) is 6.71. The SMILES string of the molecule is Cc1ccncc1C(=O)N1CCC(n2cnc3ccccc3c2=O)CC1. The van der Waals surface area contributed by atoms with E-state index in [2.05, 4.69) is 9.97 Å². The van der Waals surface area contributed by atoms with Crippen LogP contribution in [0.4, 0.5) is 0 Å². The summed E-state index contributed by atoms with van der Waals surface area (Å²) >= 11 is 0. The number of para-hydroxylation sites is 1. The lowest BCUT2D eigenvalue weighted by molar-refractivity contribution is 0.0692. The van der Waals surface area contributed by atoms with Crippen LogP contribution in [0, 0.1) is 6.92 Å². The van der Waals surface area contributed by atoms with E-state index in [1.54, 1.807) is 23.3 Å². The highest BCUT2D eigenvalue weighted by atomic mass is 16.2. The molecule has 0 aliphatic carbocycles. The summed E-state index contributed by atoms with van der Waals surface area (Å²) in [7, 11) is 0. The van der Waals surface area contributed by atoms with Crippen molar-refractivity contribution in [2.75, 3.05) is 13.1 Å². The molecule has 6 heteroatoms. The highest BCUT2D eigenvalue weighted by molar-refractivity contribution is 5.95. The highest BCUT2D eigenvalue weighted by Gasteiger charge is 2.26. The topological polar surface area (TPSA) is 68.1 Å². The average molecular weight is 348 g/mol. The normalized spacial score (nSPS) is 15.3. The van der Waals surface area contributed by atoms with E-state index < -0.39 is 0 Å². The number of pyridine rings is 1. The molecule has 0 N–H and O–H groups in total. The first-order chi connectivity index (χ1) is 12.6. The monoisotopic (exact) mass is 348 g/mol. The molecule has 1 fully saturated rings. The molecule has 4 rings (SSSR count). The summed E-state index contributed by atoms with van der Waals surface area (Å²) < 4.78 is 1.72. The average Bonchev–Trinajstić information content (AvgIpc) is 2.69. The maximum atomic E-state index is 12.7. The molecular formula is C20H20N4O2. The van der Waals surface area contributed by atoms with Gasteiger partial charge in [0.25, 0.3) is 11.5 Å². The molecular weight excluding hydrogens is 328 g/mol. The number of benzene rings is 1. The van der Waals surface area contributed by atoms with Crippen LogP contribution in [-0.4, -0.2) is 38.4 Å². The van der Waals surface area contributed by atoms with E-state index in [1.165, 1.54) is 0 Å². The third-order valence-corrected chi connectivity index (χ3v) is 5.10. The van der Waals surface area contributed by atoms with Crippen molar-refractivity contribution in [3.8, 4) is 0 Å². The number of hydrogen-bond donors (Lipinski definition) is 0. The number of rotatable bonds is 2. The molecule has 26 heavy (non-hydrogen) atoms. The standard InChI is InChI=1S/C20H20N4O2/c1-14-6-9-21-12-17(14)19(25)23-10-7-15(8-11-23)24-13-22-18-5-3-2-4-16(18)20(24)26/h2-6,9,12-13,15H,7-8,10-11H2,1H3. The second-order valence-electron chi connectivity index (χ2n) is 6.69. The van der Waals surface area contributed by atoms with E-state index in [4.69, 9.17) is 0 Å². The summed E-state index contributed by atoms with van der Waals surface area (Å²) in [5, 5.41) is 0.638. The molecule has 3 heterocycles. The van der Waals surface area contributed by atoms with Crippen LogP contribution in [0.3, 0.4) is 0 Å². The van der Waals surface area contributed by atoms with Crippen LogP contribution in [0.2, 0.25) is 0 Å².